The van der Waals surface area contributed by atoms with Gasteiger partial charge < -0.3 is 19.7 Å². The summed E-state index contributed by atoms with van der Waals surface area (Å²) in [6.07, 6.45) is 0.764. The van der Waals surface area contributed by atoms with Crippen LogP contribution in [-0.4, -0.2) is 49.4 Å². The van der Waals surface area contributed by atoms with E-state index in [1.165, 1.54) is 0 Å². The minimum atomic E-state index is -0.219. The first-order valence-corrected chi connectivity index (χ1v) is 7.10. The van der Waals surface area contributed by atoms with E-state index in [1.807, 2.05) is 30.3 Å². The summed E-state index contributed by atoms with van der Waals surface area (Å²) < 4.78 is 10.5. The Labute approximate surface area is 118 Å². The first-order chi connectivity index (χ1) is 9.81. The topological polar surface area (TPSA) is 50.8 Å². The molecule has 2 heterocycles. The van der Waals surface area contributed by atoms with Crippen molar-refractivity contribution in [1.29, 1.82) is 0 Å². The molecule has 0 spiro atoms. The molecule has 2 fully saturated rings. The molecule has 2 aliphatic heterocycles. The zero-order valence-electron chi connectivity index (χ0n) is 11.5. The largest absolute Gasteiger partial charge is 0.445 e. The molecule has 0 bridgehead atoms. The maximum Gasteiger partial charge on any atom is 0.410 e. The van der Waals surface area contributed by atoms with E-state index in [-0.39, 0.29) is 6.09 Å². The summed E-state index contributed by atoms with van der Waals surface area (Å²) in [5.41, 5.74) is 1.02. The highest BCUT2D eigenvalue weighted by molar-refractivity contribution is 5.68. The predicted octanol–water partition coefficient (Wildman–Crippen LogP) is 1.39. The number of hydrogen-bond donors (Lipinski definition) is 1. The molecule has 2 aliphatic rings. The van der Waals surface area contributed by atoms with Gasteiger partial charge in [-0.1, -0.05) is 30.3 Å². The van der Waals surface area contributed by atoms with Crippen LogP contribution in [0.25, 0.3) is 0 Å². The number of carbonyl (C=O) groups excluding carboxylic acids is 1. The van der Waals surface area contributed by atoms with Crippen LogP contribution in [-0.2, 0) is 16.1 Å². The first-order valence-electron chi connectivity index (χ1n) is 7.10. The molecule has 1 amide bonds. The van der Waals surface area contributed by atoms with E-state index in [2.05, 4.69) is 5.32 Å². The Hall–Kier alpha value is -1.59. The van der Waals surface area contributed by atoms with Crippen LogP contribution in [0, 0.1) is 0 Å². The second-order valence-corrected chi connectivity index (χ2v) is 5.37. The summed E-state index contributed by atoms with van der Waals surface area (Å²) in [5, 5.41) is 3.50. The molecule has 1 N–H and O–H groups in total. The number of ether oxygens (including phenoxy) is 2. The van der Waals surface area contributed by atoms with Crippen LogP contribution in [0.4, 0.5) is 4.79 Å². The molecule has 20 heavy (non-hydrogen) atoms. The summed E-state index contributed by atoms with van der Waals surface area (Å²) in [4.78, 5) is 13.8. The molecule has 5 heteroatoms. The lowest BCUT2D eigenvalue weighted by Gasteiger charge is -2.29. The van der Waals surface area contributed by atoms with Gasteiger partial charge >= 0.3 is 6.09 Å². The van der Waals surface area contributed by atoms with Crippen molar-refractivity contribution in [1.82, 2.24) is 10.2 Å². The molecule has 1 aromatic rings. The van der Waals surface area contributed by atoms with E-state index in [0.29, 0.717) is 18.7 Å². The van der Waals surface area contributed by atoms with Crippen LogP contribution in [0.3, 0.4) is 0 Å². The van der Waals surface area contributed by atoms with E-state index < -0.39 is 0 Å². The van der Waals surface area contributed by atoms with E-state index in [4.69, 9.17) is 9.47 Å². The number of carbonyl (C=O) groups is 1. The lowest BCUT2D eigenvalue weighted by Crippen LogP contribution is -2.51. The van der Waals surface area contributed by atoms with Gasteiger partial charge in [-0.25, -0.2) is 4.79 Å². The van der Waals surface area contributed by atoms with Crippen molar-refractivity contribution in [2.45, 2.75) is 25.1 Å². The minimum Gasteiger partial charge on any atom is -0.445 e. The maximum atomic E-state index is 12.0. The fourth-order valence-electron chi connectivity index (χ4n) is 2.54. The van der Waals surface area contributed by atoms with Gasteiger partial charge in [0.2, 0.25) is 0 Å². The molecule has 0 aromatic heterocycles. The van der Waals surface area contributed by atoms with Crippen molar-refractivity contribution in [2.75, 3.05) is 26.3 Å². The Morgan fingerprint density at radius 3 is 2.80 bits per heavy atom. The third-order valence-corrected chi connectivity index (χ3v) is 3.76. The summed E-state index contributed by atoms with van der Waals surface area (Å²) in [7, 11) is 0. The number of nitrogens with zero attached hydrogens (tertiary/aromatic N) is 1. The zero-order chi connectivity index (χ0) is 13.8. The highest BCUT2D eigenvalue weighted by Gasteiger charge is 2.30. The van der Waals surface area contributed by atoms with Crippen LogP contribution in [0.1, 0.15) is 12.0 Å². The smallest absolute Gasteiger partial charge is 0.410 e. The lowest BCUT2D eigenvalue weighted by atomic mass is 10.2. The van der Waals surface area contributed by atoms with E-state index in [0.717, 1.165) is 38.3 Å². The zero-order valence-corrected chi connectivity index (χ0v) is 11.5. The molecular formula is C15H20N2O3. The SMILES string of the molecule is O=C(OCc1ccccc1)N1CC[C@H](NC2COC2)C1. The fourth-order valence-corrected chi connectivity index (χ4v) is 2.54. The molecule has 5 nitrogen and oxygen atoms in total. The standard InChI is InChI=1S/C15H20N2O3/c18-15(20-9-12-4-2-1-3-5-12)17-7-6-13(8-17)16-14-10-19-11-14/h1-5,13-14,16H,6-11H2/t13-/m0/s1. The van der Waals surface area contributed by atoms with Crippen LogP contribution < -0.4 is 5.32 Å². The highest BCUT2D eigenvalue weighted by Crippen LogP contribution is 2.14. The van der Waals surface area contributed by atoms with Gasteiger partial charge in [-0.05, 0) is 12.0 Å². The number of likely N-dealkylation sites (tertiary alicyclic amines) is 1. The first kappa shape index (κ1) is 13.4. The van der Waals surface area contributed by atoms with Gasteiger partial charge in [-0.15, -0.1) is 0 Å². The number of hydrogen-bond acceptors (Lipinski definition) is 4. The quantitative estimate of drug-likeness (QED) is 0.903. The van der Waals surface area contributed by atoms with Gasteiger partial charge in [-0.3, -0.25) is 0 Å². The Bertz CT molecular complexity index is 448. The van der Waals surface area contributed by atoms with E-state index in [9.17, 15) is 4.79 Å². The molecule has 2 saturated heterocycles. The van der Waals surface area contributed by atoms with Gasteiger partial charge in [0, 0.05) is 19.1 Å². The Kier molecular flexibility index (Phi) is 4.18. The van der Waals surface area contributed by atoms with Crippen molar-refractivity contribution < 1.29 is 14.3 Å². The second-order valence-electron chi connectivity index (χ2n) is 5.37. The predicted molar refractivity (Wildman–Crippen MR) is 74.3 cm³/mol. The normalized spacial score (nSPS) is 22.6. The van der Waals surface area contributed by atoms with E-state index in [1.54, 1.807) is 4.90 Å². The van der Waals surface area contributed by atoms with Crippen molar-refractivity contribution in [2.24, 2.45) is 0 Å². The van der Waals surface area contributed by atoms with Crippen LogP contribution in [0.2, 0.25) is 0 Å². The molecule has 108 valence electrons. The third-order valence-electron chi connectivity index (χ3n) is 3.76. The molecule has 1 aromatic carbocycles. The summed E-state index contributed by atoms with van der Waals surface area (Å²) in [6.45, 7) is 3.40. The van der Waals surface area contributed by atoms with Crippen LogP contribution >= 0.6 is 0 Å². The van der Waals surface area contributed by atoms with Gasteiger partial charge in [0.1, 0.15) is 6.61 Å². The number of nitrogens with one attached hydrogen (secondary N) is 1. The molecule has 0 unspecified atom stereocenters. The number of amides is 1. The third kappa shape index (κ3) is 3.29. The molecule has 0 saturated carbocycles. The average molecular weight is 276 g/mol. The Morgan fingerprint density at radius 2 is 2.10 bits per heavy atom. The monoisotopic (exact) mass is 276 g/mol. The Balaban J connectivity index is 1.41. The molecule has 3 rings (SSSR count). The fraction of sp³-hybridized carbons (Fsp3) is 0.533. The van der Waals surface area contributed by atoms with Crippen molar-refractivity contribution in [3.63, 3.8) is 0 Å². The number of benzene rings is 1. The van der Waals surface area contributed by atoms with Gasteiger partial charge in [0.15, 0.2) is 0 Å². The van der Waals surface area contributed by atoms with Crippen LogP contribution in [0.5, 0.6) is 0 Å². The van der Waals surface area contributed by atoms with Crippen molar-refractivity contribution in [3.8, 4) is 0 Å². The second kappa shape index (κ2) is 6.24. The van der Waals surface area contributed by atoms with Gasteiger partial charge in [0.25, 0.3) is 0 Å². The lowest BCUT2D eigenvalue weighted by molar-refractivity contribution is -0.00949. The molecule has 1 atom stereocenters. The maximum absolute atomic E-state index is 12.0. The van der Waals surface area contributed by atoms with Gasteiger partial charge in [-0.2, -0.15) is 0 Å². The molecule has 0 aliphatic carbocycles. The van der Waals surface area contributed by atoms with E-state index >= 15 is 0 Å². The van der Waals surface area contributed by atoms with Crippen LogP contribution in [0.15, 0.2) is 30.3 Å². The molecular weight excluding hydrogens is 256 g/mol. The summed E-state index contributed by atoms with van der Waals surface area (Å²) >= 11 is 0. The Morgan fingerprint density at radius 1 is 1.30 bits per heavy atom. The average Bonchev–Trinajstić information content (AvgIpc) is 2.90. The molecule has 0 radical (unpaired) electrons. The summed E-state index contributed by atoms with van der Waals surface area (Å²) in [6, 6.07) is 10.6. The van der Waals surface area contributed by atoms with Crippen molar-refractivity contribution >= 4 is 6.09 Å². The minimum absolute atomic E-state index is 0.219. The summed E-state index contributed by atoms with van der Waals surface area (Å²) in [5.74, 6) is 0. The van der Waals surface area contributed by atoms with Gasteiger partial charge in [0.05, 0.1) is 19.3 Å². The van der Waals surface area contributed by atoms with Crippen molar-refractivity contribution in [3.05, 3.63) is 35.9 Å². The number of rotatable bonds is 4. The highest BCUT2D eigenvalue weighted by atomic mass is 16.6.